The summed E-state index contributed by atoms with van der Waals surface area (Å²) in [4.78, 5) is 12.1. The van der Waals surface area contributed by atoms with E-state index < -0.39 is 5.41 Å². The number of thiocarbonyl (C=S) groups is 1. The van der Waals surface area contributed by atoms with Crippen LogP contribution in [0.2, 0.25) is 0 Å². The van der Waals surface area contributed by atoms with Crippen LogP contribution in [0, 0.1) is 12.3 Å². The molecule has 0 spiro atoms. The van der Waals surface area contributed by atoms with E-state index in [9.17, 15) is 4.79 Å². The number of carbonyl (C=O) groups is 1. The molecule has 0 atom stereocenters. The molecule has 2 rings (SSSR count). The number of rotatable bonds is 4. The van der Waals surface area contributed by atoms with E-state index in [-0.39, 0.29) is 10.9 Å². The third-order valence-electron chi connectivity index (χ3n) is 2.76. The van der Waals surface area contributed by atoms with Crippen molar-refractivity contribution in [2.24, 2.45) is 11.1 Å². The van der Waals surface area contributed by atoms with E-state index in [1.165, 1.54) is 0 Å². The van der Waals surface area contributed by atoms with Gasteiger partial charge in [-0.2, -0.15) is 0 Å². The van der Waals surface area contributed by atoms with E-state index in [0.29, 0.717) is 12.3 Å². The molecule has 6 heteroatoms. The molecule has 1 aromatic rings. The first-order valence-electron chi connectivity index (χ1n) is 5.05. The number of nitrogens with one attached hydrogen (secondary N) is 1. The maximum absolute atomic E-state index is 11.8. The first-order valence-corrected chi connectivity index (χ1v) is 5.46. The van der Waals surface area contributed by atoms with E-state index >= 15 is 0 Å². The number of hydrogen-bond acceptors (Lipinski definition) is 4. The van der Waals surface area contributed by atoms with Crippen LogP contribution < -0.4 is 11.1 Å². The minimum Gasteiger partial charge on any atom is -0.392 e. The van der Waals surface area contributed by atoms with Crippen molar-refractivity contribution in [1.29, 1.82) is 0 Å². The molecule has 0 aliphatic heterocycles. The van der Waals surface area contributed by atoms with Crippen molar-refractivity contribution in [3.63, 3.8) is 0 Å². The maximum atomic E-state index is 11.8. The molecule has 1 saturated carbocycles. The number of carbonyl (C=O) groups excluding carboxylic acids is 1. The predicted molar refractivity (Wildman–Crippen MR) is 61.5 cm³/mol. The number of hydrogen-bond donors (Lipinski definition) is 2. The normalized spacial score (nSPS) is 16.8. The van der Waals surface area contributed by atoms with E-state index in [1.807, 2.05) is 6.92 Å². The summed E-state index contributed by atoms with van der Waals surface area (Å²) in [5, 5.41) is 6.49. The minimum absolute atomic E-state index is 0.117. The van der Waals surface area contributed by atoms with Gasteiger partial charge in [-0.05, 0) is 19.8 Å². The molecule has 1 aliphatic rings. The highest BCUT2D eigenvalue weighted by Gasteiger charge is 2.52. The highest BCUT2D eigenvalue weighted by Crippen LogP contribution is 2.46. The van der Waals surface area contributed by atoms with Crippen LogP contribution in [0.5, 0.6) is 0 Å². The summed E-state index contributed by atoms with van der Waals surface area (Å²) in [5.74, 6) is 0.513. The fraction of sp³-hybridized carbons (Fsp3) is 0.500. The molecule has 1 fully saturated rings. The standard InChI is InChI=1S/C10H13N3O2S/c1-6-4-7(15-13-6)5-12-9(14)10(2-3-10)8(11)16/h4H,2-3,5H2,1H3,(H2,11,16)(H,12,14). The van der Waals surface area contributed by atoms with Crippen molar-refractivity contribution >= 4 is 23.1 Å². The van der Waals surface area contributed by atoms with Gasteiger partial charge in [0.2, 0.25) is 5.91 Å². The lowest BCUT2D eigenvalue weighted by Gasteiger charge is -2.12. The average Bonchev–Trinajstić information content (AvgIpc) is 2.95. The minimum atomic E-state index is -0.607. The molecule has 0 radical (unpaired) electrons. The molecule has 1 aromatic heterocycles. The highest BCUT2D eigenvalue weighted by molar-refractivity contribution is 7.80. The summed E-state index contributed by atoms with van der Waals surface area (Å²) in [7, 11) is 0. The van der Waals surface area contributed by atoms with Gasteiger partial charge in [-0.15, -0.1) is 0 Å². The van der Waals surface area contributed by atoms with Crippen molar-refractivity contribution in [1.82, 2.24) is 10.5 Å². The van der Waals surface area contributed by atoms with Crippen LogP contribution in [0.4, 0.5) is 0 Å². The van der Waals surface area contributed by atoms with Crippen molar-refractivity contribution in [2.45, 2.75) is 26.3 Å². The molecule has 1 heterocycles. The van der Waals surface area contributed by atoms with Crippen LogP contribution in [0.25, 0.3) is 0 Å². The molecule has 1 aliphatic carbocycles. The number of amides is 1. The monoisotopic (exact) mass is 239 g/mol. The Hall–Kier alpha value is -1.43. The van der Waals surface area contributed by atoms with Gasteiger partial charge in [0.15, 0.2) is 5.76 Å². The SMILES string of the molecule is Cc1cc(CNC(=O)C2(C(N)=S)CC2)on1. The molecule has 0 unspecified atom stereocenters. The van der Waals surface area contributed by atoms with Crippen molar-refractivity contribution in [2.75, 3.05) is 0 Å². The smallest absolute Gasteiger partial charge is 0.233 e. The molecule has 1 amide bonds. The lowest BCUT2D eigenvalue weighted by atomic mass is 10.1. The Morgan fingerprint density at radius 3 is 2.88 bits per heavy atom. The highest BCUT2D eigenvalue weighted by atomic mass is 32.1. The van der Waals surface area contributed by atoms with Gasteiger partial charge in [-0.1, -0.05) is 17.4 Å². The Balaban J connectivity index is 1.92. The summed E-state index contributed by atoms with van der Waals surface area (Å²) < 4.78 is 4.98. The van der Waals surface area contributed by atoms with E-state index in [1.54, 1.807) is 6.07 Å². The molecule has 5 nitrogen and oxygen atoms in total. The second-order valence-corrected chi connectivity index (χ2v) is 4.50. The quantitative estimate of drug-likeness (QED) is 0.755. The molecule has 86 valence electrons. The van der Waals surface area contributed by atoms with Gasteiger partial charge in [0, 0.05) is 6.07 Å². The van der Waals surface area contributed by atoms with Crippen LogP contribution in [0.1, 0.15) is 24.3 Å². The van der Waals surface area contributed by atoms with Gasteiger partial charge in [0.05, 0.1) is 22.6 Å². The predicted octanol–water partition coefficient (Wildman–Crippen LogP) is 0.666. The summed E-state index contributed by atoms with van der Waals surface area (Å²) in [6.45, 7) is 2.15. The Bertz CT molecular complexity index is 437. The molecule has 0 saturated heterocycles. The Morgan fingerprint density at radius 2 is 2.44 bits per heavy atom. The first kappa shape index (κ1) is 11.1. The van der Waals surface area contributed by atoms with E-state index in [0.717, 1.165) is 18.5 Å². The summed E-state index contributed by atoms with van der Waals surface area (Å²) in [5.41, 5.74) is 5.73. The third-order valence-corrected chi connectivity index (χ3v) is 3.15. The van der Waals surface area contributed by atoms with Crippen molar-refractivity contribution in [3.8, 4) is 0 Å². The van der Waals surface area contributed by atoms with Crippen LogP contribution in [-0.2, 0) is 11.3 Å². The number of aromatic nitrogens is 1. The van der Waals surface area contributed by atoms with Crippen molar-refractivity contribution in [3.05, 3.63) is 17.5 Å². The van der Waals surface area contributed by atoms with Crippen LogP contribution in [0.15, 0.2) is 10.6 Å². The summed E-state index contributed by atoms with van der Waals surface area (Å²) in [6, 6.07) is 1.78. The lowest BCUT2D eigenvalue weighted by Crippen LogP contribution is -2.39. The zero-order chi connectivity index (χ0) is 11.8. The molecule has 0 aromatic carbocycles. The van der Waals surface area contributed by atoms with E-state index in [2.05, 4.69) is 10.5 Å². The zero-order valence-corrected chi connectivity index (χ0v) is 9.76. The maximum Gasteiger partial charge on any atom is 0.233 e. The molecular formula is C10H13N3O2S. The topological polar surface area (TPSA) is 81.2 Å². The lowest BCUT2D eigenvalue weighted by molar-refractivity contribution is -0.124. The number of nitrogens with zero attached hydrogens (tertiary/aromatic N) is 1. The van der Waals surface area contributed by atoms with Gasteiger partial charge in [-0.3, -0.25) is 4.79 Å². The van der Waals surface area contributed by atoms with Crippen LogP contribution in [-0.4, -0.2) is 16.1 Å². The molecule has 16 heavy (non-hydrogen) atoms. The van der Waals surface area contributed by atoms with Gasteiger partial charge >= 0.3 is 0 Å². The number of aryl methyl sites for hydroxylation is 1. The largest absolute Gasteiger partial charge is 0.392 e. The van der Waals surface area contributed by atoms with E-state index in [4.69, 9.17) is 22.5 Å². The number of nitrogens with two attached hydrogens (primary N) is 1. The first-order chi connectivity index (χ1) is 7.54. The van der Waals surface area contributed by atoms with Crippen LogP contribution >= 0.6 is 12.2 Å². The fourth-order valence-electron chi connectivity index (χ4n) is 1.55. The fourth-order valence-corrected chi connectivity index (χ4v) is 1.84. The zero-order valence-electron chi connectivity index (χ0n) is 8.95. The van der Waals surface area contributed by atoms with Crippen molar-refractivity contribution < 1.29 is 9.32 Å². The molecular weight excluding hydrogens is 226 g/mol. The molecule has 0 bridgehead atoms. The second-order valence-electron chi connectivity index (χ2n) is 4.06. The third kappa shape index (κ3) is 1.92. The summed E-state index contributed by atoms with van der Waals surface area (Å²) in [6.07, 6.45) is 1.48. The van der Waals surface area contributed by atoms with Gasteiger partial charge in [0.25, 0.3) is 0 Å². The molecule has 3 N–H and O–H groups in total. The van der Waals surface area contributed by atoms with Gasteiger partial charge in [0.1, 0.15) is 0 Å². The van der Waals surface area contributed by atoms with Crippen LogP contribution in [0.3, 0.4) is 0 Å². The van der Waals surface area contributed by atoms with Gasteiger partial charge in [-0.25, -0.2) is 0 Å². The Labute approximate surface area is 98.4 Å². The van der Waals surface area contributed by atoms with Gasteiger partial charge < -0.3 is 15.6 Å². The average molecular weight is 239 g/mol. The Kier molecular flexibility index (Phi) is 2.67. The Morgan fingerprint density at radius 1 is 1.75 bits per heavy atom. The second kappa shape index (κ2) is 3.86. The summed E-state index contributed by atoms with van der Waals surface area (Å²) >= 11 is 4.89.